The van der Waals surface area contributed by atoms with E-state index in [1.165, 1.54) is 5.69 Å². The maximum atomic E-state index is 5.92. The number of rotatable bonds is 6. The third-order valence-corrected chi connectivity index (χ3v) is 7.14. The number of morpholine rings is 1. The van der Waals surface area contributed by atoms with Gasteiger partial charge in [-0.25, -0.2) is 0 Å². The summed E-state index contributed by atoms with van der Waals surface area (Å²) in [4.78, 5) is 13.8. The van der Waals surface area contributed by atoms with Gasteiger partial charge in [0, 0.05) is 48.7 Å². The van der Waals surface area contributed by atoms with Crippen LogP contribution in [0.2, 0.25) is 0 Å². The van der Waals surface area contributed by atoms with Crippen LogP contribution in [0.25, 0.3) is 0 Å². The lowest BCUT2D eigenvalue weighted by Gasteiger charge is -2.31. The molecule has 7 nitrogen and oxygen atoms in total. The molecule has 2 aliphatic rings. The number of thiocarbonyl (C=S) groups is 1. The van der Waals surface area contributed by atoms with Crippen molar-refractivity contribution in [3.8, 4) is 0 Å². The minimum absolute atomic E-state index is 0.0691. The standard InChI is InChI=1S/C28H28N6OS/c36-28-31-26(24-7-2-4-14-30-24)27(25-8-5-15-33(25)20-21-6-1-3-13-29-21)34(28)23-11-9-22(10-12-23)32-16-18-35-19-17-32/h1-15,26-27H,16-20H2,(H,31,36). The van der Waals surface area contributed by atoms with Gasteiger partial charge in [0.2, 0.25) is 0 Å². The zero-order valence-corrected chi connectivity index (χ0v) is 20.7. The van der Waals surface area contributed by atoms with Crippen LogP contribution in [-0.4, -0.2) is 46.0 Å². The van der Waals surface area contributed by atoms with Crippen molar-refractivity contribution in [2.45, 2.75) is 18.6 Å². The number of ether oxygens (including phenoxy) is 1. The minimum atomic E-state index is -0.0880. The highest BCUT2D eigenvalue weighted by atomic mass is 32.1. The van der Waals surface area contributed by atoms with Crippen molar-refractivity contribution in [3.05, 3.63) is 108 Å². The molecule has 2 unspecified atom stereocenters. The van der Waals surface area contributed by atoms with Gasteiger partial charge in [-0.05, 0) is 72.9 Å². The molecular weight excluding hydrogens is 468 g/mol. The Kier molecular flexibility index (Phi) is 6.36. The second-order valence-electron chi connectivity index (χ2n) is 8.99. The van der Waals surface area contributed by atoms with Crippen LogP contribution in [0.4, 0.5) is 11.4 Å². The highest BCUT2D eigenvalue weighted by Gasteiger charge is 2.42. The average Bonchev–Trinajstić information content (AvgIpc) is 3.53. The molecule has 36 heavy (non-hydrogen) atoms. The second-order valence-corrected chi connectivity index (χ2v) is 9.38. The molecule has 0 spiro atoms. The highest BCUT2D eigenvalue weighted by Crippen LogP contribution is 2.42. The molecule has 0 bridgehead atoms. The number of pyridine rings is 2. The third kappa shape index (κ3) is 4.45. The Morgan fingerprint density at radius 1 is 0.861 bits per heavy atom. The predicted octanol–water partition coefficient (Wildman–Crippen LogP) is 4.34. The number of nitrogens with zero attached hydrogens (tertiary/aromatic N) is 5. The summed E-state index contributed by atoms with van der Waals surface area (Å²) in [5.74, 6) is 0. The van der Waals surface area contributed by atoms with Gasteiger partial charge < -0.3 is 24.4 Å². The molecule has 0 amide bonds. The van der Waals surface area contributed by atoms with E-state index in [1.807, 2.05) is 36.7 Å². The Morgan fingerprint density at radius 2 is 1.61 bits per heavy atom. The smallest absolute Gasteiger partial charge is 0.174 e. The van der Waals surface area contributed by atoms with Crippen molar-refractivity contribution in [3.63, 3.8) is 0 Å². The van der Waals surface area contributed by atoms with E-state index in [2.05, 4.69) is 84.4 Å². The molecule has 5 heterocycles. The van der Waals surface area contributed by atoms with Gasteiger partial charge >= 0.3 is 0 Å². The van der Waals surface area contributed by atoms with E-state index in [4.69, 9.17) is 17.0 Å². The van der Waals surface area contributed by atoms with E-state index in [0.29, 0.717) is 11.7 Å². The van der Waals surface area contributed by atoms with Crippen LogP contribution in [0, 0.1) is 0 Å². The summed E-state index contributed by atoms with van der Waals surface area (Å²) in [7, 11) is 0. The SMILES string of the molecule is S=C1NC(c2ccccn2)C(c2cccn2Cc2ccccn2)N1c1ccc(N2CCOCC2)cc1. The number of nitrogens with one attached hydrogen (secondary N) is 1. The maximum Gasteiger partial charge on any atom is 0.174 e. The van der Waals surface area contributed by atoms with E-state index in [1.54, 1.807) is 0 Å². The summed E-state index contributed by atoms with van der Waals surface area (Å²) in [5.41, 5.74) is 5.39. The highest BCUT2D eigenvalue weighted by molar-refractivity contribution is 7.80. The van der Waals surface area contributed by atoms with E-state index in [-0.39, 0.29) is 12.1 Å². The first kappa shape index (κ1) is 22.7. The average molecular weight is 497 g/mol. The minimum Gasteiger partial charge on any atom is -0.378 e. The van der Waals surface area contributed by atoms with Crippen molar-refractivity contribution in [2.24, 2.45) is 0 Å². The van der Waals surface area contributed by atoms with Crippen LogP contribution in [0.1, 0.15) is 29.2 Å². The van der Waals surface area contributed by atoms with E-state index < -0.39 is 0 Å². The Balaban J connectivity index is 1.37. The fraction of sp³-hybridized carbons (Fsp3) is 0.250. The Bertz CT molecular complexity index is 1300. The van der Waals surface area contributed by atoms with Crippen molar-refractivity contribution in [1.82, 2.24) is 19.9 Å². The van der Waals surface area contributed by atoms with Crippen molar-refractivity contribution in [2.75, 3.05) is 36.1 Å². The molecule has 0 aliphatic carbocycles. The Labute approximate surface area is 216 Å². The normalized spacial score (nSPS) is 19.9. The summed E-state index contributed by atoms with van der Waals surface area (Å²) in [6, 6.07) is 24.9. The molecule has 2 atom stereocenters. The number of hydrogen-bond donors (Lipinski definition) is 1. The lowest BCUT2D eigenvalue weighted by Crippen LogP contribution is -2.36. The summed E-state index contributed by atoms with van der Waals surface area (Å²) in [5, 5.41) is 4.26. The zero-order valence-electron chi connectivity index (χ0n) is 19.9. The van der Waals surface area contributed by atoms with E-state index in [0.717, 1.165) is 49.1 Å². The lowest BCUT2D eigenvalue weighted by molar-refractivity contribution is 0.122. The molecule has 1 N–H and O–H groups in total. The molecule has 6 rings (SSSR count). The van der Waals surface area contributed by atoms with Crippen LogP contribution < -0.4 is 15.1 Å². The molecule has 8 heteroatoms. The topological polar surface area (TPSA) is 58.5 Å². The molecule has 2 aliphatic heterocycles. The molecule has 1 aromatic carbocycles. The van der Waals surface area contributed by atoms with Gasteiger partial charge in [0.1, 0.15) is 6.04 Å². The summed E-state index contributed by atoms with van der Waals surface area (Å²) in [6.07, 6.45) is 5.79. The summed E-state index contributed by atoms with van der Waals surface area (Å²) >= 11 is 5.92. The fourth-order valence-electron chi connectivity index (χ4n) is 5.08. The molecule has 3 aromatic heterocycles. The Hall–Kier alpha value is -3.75. The zero-order chi connectivity index (χ0) is 24.3. The molecule has 4 aromatic rings. The molecule has 2 saturated heterocycles. The number of aromatic nitrogens is 3. The maximum absolute atomic E-state index is 5.92. The summed E-state index contributed by atoms with van der Waals surface area (Å²) in [6.45, 7) is 4.04. The quantitative estimate of drug-likeness (QED) is 0.399. The van der Waals surface area contributed by atoms with Crippen LogP contribution in [0.5, 0.6) is 0 Å². The number of hydrogen-bond acceptors (Lipinski definition) is 5. The first-order valence-corrected chi connectivity index (χ1v) is 12.7. The molecule has 0 saturated carbocycles. The molecular formula is C28H28N6OS. The van der Waals surface area contributed by atoms with Crippen LogP contribution in [0.15, 0.2) is 91.4 Å². The molecule has 2 fully saturated rings. The second kappa shape index (κ2) is 10.1. The largest absolute Gasteiger partial charge is 0.378 e. The van der Waals surface area contributed by atoms with Crippen molar-refractivity contribution in [1.29, 1.82) is 0 Å². The Morgan fingerprint density at radius 3 is 2.33 bits per heavy atom. The van der Waals surface area contributed by atoms with Crippen LogP contribution in [-0.2, 0) is 11.3 Å². The van der Waals surface area contributed by atoms with Crippen molar-refractivity contribution >= 4 is 28.7 Å². The van der Waals surface area contributed by atoms with Crippen LogP contribution >= 0.6 is 12.2 Å². The van der Waals surface area contributed by atoms with Gasteiger partial charge in [-0.3, -0.25) is 9.97 Å². The van der Waals surface area contributed by atoms with Gasteiger partial charge in [-0.1, -0.05) is 12.1 Å². The fourth-order valence-corrected chi connectivity index (χ4v) is 5.43. The van der Waals surface area contributed by atoms with Gasteiger partial charge in [0.25, 0.3) is 0 Å². The van der Waals surface area contributed by atoms with Gasteiger partial charge in [0.15, 0.2) is 5.11 Å². The first-order valence-electron chi connectivity index (χ1n) is 12.3. The summed E-state index contributed by atoms with van der Waals surface area (Å²) < 4.78 is 7.77. The monoisotopic (exact) mass is 496 g/mol. The molecule has 182 valence electrons. The first-order chi connectivity index (χ1) is 17.8. The van der Waals surface area contributed by atoms with Crippen molar-refractivity contribution < 1.29 is 4.74 Å². The van der Waals surface area contributed by atoms with Gasteiger partial charge in [-0.15, -0.1) is 0 Å². The van der Waals surface area contributed by atoms with Gasteiger partial charge in [-0.2, -0.15) is 0 Å². The number of benzene rings is 1. The van der Waals surface area contributed by atoms with Crippen LogP contribution in [0.3, 0.4) is 0 Å². The van der Waals surface area contributed by atoms with Gasteiger partial charge in [0.05, 0.1) is 37.2 Å². The van der Waals surface area contributed by atoms with E-state index in [9.17, 15) is 0 Å². The lowest BCUT2D eigenvalue weighted by atomic mass is 10.0. The predicted molar refractivity (Wildman–Crippen MR) is 145 cm³/mol. The number of anilines is 2. The van der Waals surface area contributed by atoms with E-state index >= 15 is 0 Å². The third-order valence-electron chi connectivity index (χ3n) is 6.83. The molecule has 0 radical (unpaired) electrons.